The van der Waals surface area contributed by atoms with E-state index in [0.717, 1.165) is 25.0 Å². The topological polar surface area (TPSA) is 107 Å². The van der Waals surface area contributed by atoms with E-state index in [4.69, 9.17) is 9.47 Å². The SMILES string of the molecule is COc1nc(OC(F)(F)F)c(NC(=O)C2CCC3C4CN(C(=O)OC(C)(C)C)C5=CC(=O)CCC5(C)C4CC[C@]23C)cc1Br. The van der Waals surface area contributed by atoms with Gasteiger partial charge in [0.05, 0.1) is 11.6 Å². The van der Waals surface area contributed by atoms with Crippen molar-refractivity contribution >= 4 is 39.4 Å². The molecular weight excluding hydrogens is 647 g/mol. The van der Waals surface area contributed by atoms with Gasteiger partial charge in [-0.25, -0.2) is 4.79 Å². The highest BCUT2D eigenvalue weighted by Gasteiger charge is 2.62. The number of anilines is 1. The minimum Gasteiger partial charge on any atom is -0.480 e. The minimum atomic E-state index is -5.03. The number of aromatic nitrogens is 1. The number of rotatable bonds is 4. The van der Waals surface area contributed by atoms with Gasteiger partial charge in [-0.3, -0.25) is 14.5 Å². The van der Waals surface area contributed by atoms with Gasteiger partial charge in [0.1, 0.15) is 11.3 Å². The maximum Gasteiger partial charge on any atom is 0.574 e. The molecule has 1 aliphatic heterocycles. The molecule has 1 aromatic heterocycles. The van der Waals surface area contributed by atoms with Gasteiger partial charge in [-0.15, -0.1) is 13.2 Å². The molecule has 2 saturated carbocycles. The first-order valence-corrected chi connectivity index (χ1v) is 15.7. The molecule has 0 radical (unpaired) electrons. The van der Waals surface area contributed by atoms with E-state index in [9.17, 15) is 27.6 Å². The zero-order valence-electron chi connectivity index (χ0n) is 25.8. The van der Waals surface area contributed by atoms with Gasteiger partial charge in [-0.1, -0.05) is 13.8 Å². The lowest BCUT2D eigenvalue weighted by Crippen LogP contribution is -2.59. The largest absolute Gasteiger partial charge is 0.574 e. The van der Waals surface area contributed by atoms with Crippen LogP contribution in [0.1, 0.15) is 73.1 Å². The van der Waals surface area contributed by atoms with Crippen molar-refractivity contribution in [2.45, 2.75) is 85.1 Å². The molecule has 0 bridgehead atoms. The normalized spacial score (nSPS) is 31.7. The van der Waals surface area contributed by atoms with Crippen LogP contribution in [0.3, 0.4) is 0 Å². The maximum atomic E-state index is 13.8. The number of ketones is 1. The number of halogens is 4. The summed E-state index contributed by atoms with van der Waals surface area (Å²) in [6, 6.07) is 1.29. The Labute approximate surface area is 263 Å². The van der Waals surface area contributed by atoms with Crippen LogP contribution in [0.5, 0.6) is 11.8 Å². The van der Waals surface area contributed by atoms with Crippen molar-refractivity contribution in [2.24, 2.45) is 34.5 Å². The van der Waals surface area contributed by atoms with E-state index < -0.39 is 46.6 Å². The second kappa shape index (κ2) is 11.2. The number of fused-ring (bicyclic) bond motifs is 5. The van der Waals surface area contributed by atoms with Crippen molar-refractivity contribution < 1.29 is 41.8 Å². The Morgan fingerprint density at radius 1 is 1.09 bits per heavy atom. The summed E-state index contributed by atoms with van der Waals surface area (Å²) in [5, 5.41) is 2.66. The maximum absolute atomic E-state index is 13.8. The van der Waals surface area contributed by atoms with Gasteiger partial charge in [0.15, 0.2) is 5.78 Å². The number of amides is 2. The van der Waals surface area contributed by atoms with Crippen LogP contribution < -0.4 is 14.8 Å². The summed E-state index contributed by atoms with van der Waals surface area (Å²) in [6.45, 7) is 10.0. The highest BCUT2D eigenvalue weighted by atomic mass is 79.9. The third-order valence-electron chi connectivity index (χ3n) is 10.2. The molecule has 2 amide bonds. The van der Waals surface area contributed by atoms with Crippen molar-refractivity contribution in [1.82, 2.24) is 9.88 Å². The second-order valence-electron chi connectivity index (χ2n) is 13.9. The highest BCUT2D eigenvalue weighted by molar-refractivity contribution is 9.10. The van der Waals surface area contributed by atoms with Crippen molar-refractivity contribution in [1.29, 1.82) is 0 Å². The number of allylic oxidation sites excluding steroid dienone is 2. The smallest absolute Gasteiger partial charge is 0.480 e. The molecule has 2 heterocycles. The van der Waals surface area contributed by atoms with Gasteiger partial charge in [0.25, 0.3) is 0 Å². The summed E-state index contributed by atoms with van der Waals surface area (Å²) in [5.74, 6) is -1.50. The van der Waals surface area contributed by atoms with Crippen molar-refractivity contribution in [3.05, 3.63) is 22.3 Å². The third kappa shape index (κ3) is 5.92. The molecule has 5 unspecified atom stereocenters. The van der Waals surface area contributed by atoms with Gasteiger partial charge in [0, 0.05) is 36.1 Å². The van der Waals surface area contributed by atoms with Crippen LogP contribution in [0.25, 0.3) is 0 Å². The van der Waals surface area contributed by atoms with Gasteiger partial charge < -0.3 is 19.5 Å². The number of ether oxygens (including phenoxy) is 3. The number of alkyl halides is 3. The predicted octanol–water partition coefficient (Wildman–Crippen LogP) is 7.25. The standard InChI is InChI=1S/C31H39BrF3N3O6/c1-28(2,3)44-27(41)38-15-17-18-7-8-20(29(18,4)12-10-19(17)30(5)11-9-16(39)13-23(30)38)24(40)36-22-14-21(32)25(42-6)37-26(22)43-31(33,34)35/h13-14,17-20H,7-12,15H2,1-6H3,(H,36,40)/t17?,18?,19?,20?,29-,30?/m0/s1. The number of hydrogen-bond donors (Lipinski definition) is 1. The Balaban J connectivity index is 1.44. The number of carbonyl (C=O) groups is 3. The van der Waals surface area contributed by atoms with Gasteiger partial charge >= 0.3 is 12.5 Å². The van der Waals surface area contributed by atoms with E-state index in [2.05, 4.69) is 44.8 Å². The lowest BCUT2D eigenvalue weighted by molar-refractivity contribution is -0.275. The first-order chi connectivity index (χ1) is 20.4. The summed E-state index contributed by atoms with van der Waals surface area (Å²) >= 11 is 3.23. The molecule has 1 N–H and O–H groups in total. The fraction of sp³-hybridized carbons (Fsp3) is 0.677. The molecule has 1 aromatic rings. The van der Waals surface area contributed by atoms with Gasteiger partial charge in [0.2, 0.25) is 17.7 Å². The van der Waals surface area contributed by atoms with Crippen molar-refractivity contribution in [3.8, 4) is 11.8 Å². The number of pyridine rings is 1. The molecule has 5 rings (SSSR count). The van der Waals surface area contributed by atoms with Crippen LogP contribution in [-0.4, -0.2) is 53.3 Å². The van der Waals surface area contributed by atoms with E-state index in [1.807, 2.05) is 0 Å². The average Bonchev–Trinajstić information content (AvgIpc) is 3.26. The number of nitrogens with zero attached hydrogens (tertiary/aromatic N) is 2. The number of nitrogens with one attached hydrogen (secondary N) is 1. The first kappa shape index (κ1) is 32.6. The molecule has 242 valence electrons. The second-order valence-corrected chi connectivity index (χ2v) is 14.8. The Morgan fingerprint density at radius 2 is 1.80 bits per heavy atom. The lowest BCUT2D eigenvalue weighted by atomic mass is 9.49. The predicted molar refractivity (Wildman–Crippen MR) is 158 cm³/mol. The molecule has 6 atom stereocenters. The van der Waals surface area contributed by atoms with E-state index in [-0.39, 0.29) is 39.6 Å². The van der Waals surface area contributed by atoms with Crippen LogP contribution in [-0.2, 0) is 14.3 Å². The summed E-state index contributed by atoms with van der Waals surface area (Å²) in [4.78, 5) is 45.3. The zero-order chi connectivity index (χ0) is 32.4. The summed E-state index contributed by atoms with van der Waals surface area (Å²) in [7, 11) is 1.26. The van der Waals surface area contributed by atoms with Crippen LogP contribution in [0.15, 0.2) is 22.3 Å². The number of methoxy groups -OCH3 is 1. The van der Waals surface area contributed by atoms with Crippen LogP contribution >= 0.6 is 15.9 Å². The molecule has 13 heteroatoms. The molecule has 0 spiro atoms. The summed E-state index contributed by atoms with van der Waals surface area (Å²) < 4.78 is 54.8. The number of piperidine rings is 1. The molecule has 3 aliphatic carbocycles. The van der Waals surface area contributed by atoms with Crippen molar-refractivity contribution in [2.75, 3.05) is 19.0 Å². The Morgan fingerprint density at radius 3 is 2.43 bits per heavy atom. The zero-order valence-corrected chi connectivity index (χ0v) is 27.4. The minimum absolute atomic E-state index is 0.00346. The van der Waals surface area contributed by atoms with E-state index in [1.54, 1.807) is 31.7 Å². The molecule has 4 aliphatic rings. The molecule has 1 saturated heterocycles. The average molecular weight is 687 g/mol. The van der Waals surface area contributed by atoms with Gasteiger partial charge in [-0.2, -0.15) is 4.98 Å². The number of hydrogen-bond acceptors (Lipinski definition) is 7. The fourth-order valence-electron chi connectivity index (χ4n) is 8.32. The lowest BCUT2D eigenvalue weighted by Gasteiger charge is -2.60. The Bertz CT molecular complexity index is 1390. The Hall–Kier alpha value is -2.83. The van der Waals surface area contributed by atoms with Crippen LogP contribution in [0.4, 0.5) is 23.7 Å². The number of likely N-dealkylation sites (tertiary alicyclic amines) is 1. The highest BCUT2D eigenvalue weighted by Crippen LogP contribution is 2.65. The molecule has 0 aromatic carbocycles. The van der Waals surface area contributed by atoms with Gasteiger partial charge in [-0.05, 0) is 98.0 Å². The van der Waals surface area contributed by atoms with Crippen molar-refractivity contribution in [3.63, 3.8) is 0 Å². The monoisotopic (exact) mass is 685 g/mol. The van der Waals surface area contributed by atoms with E-state index in [0.29, 0.717) is 25.8 Å². The first-order valence-electron chi connectivity index (χ1n) is 14.9. The van der Waals surface area contributed by atoms with E-state index >= 15 is 0 Å². The Kier molecular flexibility index (Phi) is 8.29. The number of carbonyl (C=O) groups excluding carboxylic acids is 3. The molecule has 3 fully saturated rings. The molecule has 44 heavy (non-hydrogen) atoms. The van der Waals surface area contributed by atoms with E-state index in [1.165, 1.54) is 13.2 Å². The quantitative estimate of drug-likeness (QED) is 0.356. The van der Waals surface area contributed by atoms with Crippen LogP contribution in [0.2, 0.25) is 0 Å². The molecular formula is C31H39BrF3N3O6. The summed E-state index contributed by atoms with van der Waals surface area (Å²) in [6.07, 6.45) is -0.0631. The molecule has 9 nitrogen and oxygen atoms in total. The van der Waals surface area contributed by atoms with Crippen LogP contribution in [0, 0.1) is 34.5 Å². The fourth-order valence-corrected chi connectivity index (χ4v) is 8.80. The summed E-state index contributed by atoms with van der Waals surface area (Å²) in [5.41, 5.74) is -1.09. The third-order valence-corrected chi connectivity index (χ3v) is 10.8.